The Morgan fingerprint density at radius 1 is 1.46 bits per heavy atom. The van der Waals surface area contributed by atoms with Gasteiger partial charge in [0.1, 0.15) is 5.56 Å². The number of carbonyl (C=O) groups is 1. The van der Waals surface area contributed by atoms with Gasteiger partial charge in [-0.15, -0.1) is 0 Å². The molecule has 1 N–H and O–H groups in total. The number of carbonyl (C=O) groups excluding carboxylic acids is 1. The number of nitrogens with one attached hydrogen (secondary N) is 1. The average molecular weight is 357 g/mol. The van der Waals surface area contributed by atoms with Gasteiger partial charge >= 0.3 is 0 Å². The Bertz CT molecular complexity index is 849. The van der Waals surface area contributed by atoms with E-state index in [1.165, 1.54) is 6.07 Å². The second-order valence-corrected chi connectivity index (χ2v) is 6.41. The number of likely N-dealkylation sites (tertiary alicyclic amines) is 1. The normalized spacial score (nSPS) is 16.6. The molecule has 0 spiro atoms. The van der Waals surface area contributed by atoms with Crippen molar-refractivity contribution in [1.82, 2.24) is 19.9 Å². The van der Waals surface area contributed by atoms with Gasteiger partial charge in [-0.05, 0) is 25.5 Å². The van der Waals surface area contributed by atoms with Crippen LogP contribution in [0.25, 0.3) is 0 Å². The molecule has 0 bridgehead atoms. The number of anilines is 1. The van der Waals surface area contributed by atoms with Gasteiger partial charge in [0.05, 0.1) is 12.3 Å². The van der Waals surface area contributed by atoms with Crippen molar-refractivity contribution in [2.75, 3.05) is 38.7 Å². The Balaban J connectivity index is 1.79. The van der Waals surface area contributed by atoms with Crippen molar-refractivity contribution < 1.29 is 9.53 Å². The second-order valence-electron chi connectivity index (χ2n) is 6.41. The van der Waals surface area contributed by atoms with Crippen molar-refractivity contribution in [2.45, 2.75) is 19.3 Å². The zero-order valence-electron chi connectivity index (χ0n) is 15.2. The SMILES string of the molecule is CCOc1ncccc1C(=O)N1CCC(c2cc(=O)[nH]c(N(C)C)n2)C1. The Morgan fingerprint density at radius 3 is 3.00 bits per heavy atom. The molecule has 0 aliphatic carbocycles. The largest absolute Gasteiger partial charge is 0.477 e. The van der Waals surface area contributed by atoms with Gasteiger partial charge in [-0.2, -0.15) is 0 Å². The number of amides is 1. The van der Waals surface area contributed by atoms with E-state index in [1.54, 1.807) is 28.1 Å². The lowest BCUT2D eigenvalue weighted by Gasteiger charge is -2.18. The molecular weight excluding hydrogens is 334 g/mol. The van der Waals surface area contributed by atoms with Crippen LogP contribution in [0.4, 0.5) is 5.95 Å². The number of ether oxygens (including phenoxy) is 1. The molecule has 0 aromatic carbocycles. The summed E-state index contributed by atoms with van der Waals surface area (Å²) in [6, 6.07) is 4.97. The van der Waals surface area contributed by atoms with Crippen LogP contribution in [-0.4, -0.2) is 59.6 Å². The molecule has 3 rings (SSSR count). The first kappa shape index (κ1) is 17.9. The summed E-state index contributed by atoms with van der Waals surface area (Å²) in [5, 5.41) is 0. The maximum absolute atomic E-state index is 12.9. The highest BCUT2D eigenvalue weighted by Crippen LogP contribution is 2.28. The molecule has 1 amide bonds. The van der Waals surface area contributed by atoms with Crippen LogP contribution in [0.5, 0.6) is 5.88 Å². The Kier molecular flexibility index (Phi) is 5.20. The van der Waals surface area contributed by atoms with Crippen molar-refractivity contribution >= 4 is 11.9 Å². The number of aromatic nitrogens is 3. The molecule has 1 aliphatic heterocycles. The number of rotatable bonds is 5. The first-order valence-electron chi connectivity index (χ1n) is 8.65. The van der Waals surface area contributed by atoms with Gasteiger partial charge < -0.3 is 14.5 Å². The molecule has 1 aliphatic rings. The number of H-pyrrole nitrogens is 1. The van der Waals surface area contributed by atoms with E-state index >= 15 is 0 Å². The molecule has 138 valence electrons. The Morgan fingerprint density at radius 2 is 2.27 bits per heavy atom. The van der Waals surface area contributed by atoms with Crippen LogP contribution in [-0.2, 0) is 0 Å². The van der Waals surface area contributed by atoms with Gasteiger partial charge in [-0.3, -0.25) is 14.6 Å². The summed E-state index contributed by atoms with van der Waals surface area (Å²) in [6.07, 6.45) is 2.37. The average Bonchev–Trinajstić information content (AvgIpc) is 3.11. The summed E-state index contributed by atoms with van der Waals surface area (Å²) in [6.45, 7) is 3.43. The van der Waals surface area contributed by atoms with Crippen LogP contribution >= 0.6 is 0 Å². The molecule has 2 aromatic rings. The van der Waals surface area contributed by atoms with Crippen molar-refractivity contribution in [3.8, 4) is 5.88 Å². The van der Waals surface area contributed by atoms with E-state index in [9.17, 15) is 9.59 Å². The standard InChI is InChI=1S/C18H23N5O3/c1-4-26-16-13(6-5-8-19-16)17(25)23-9-7-12(11-23)14-10-15(24)21-18(20-14)22(2)3/h5-6,8,10,12H,4,7,9,11H2,1-3H3,(H,20,21,24). The maximum atomic E-state index is 12.9. The third kappa shape index (κ3) is 3.68. The van der Waals surface area contributed by atoms with E-state index in [4.69, 9.17) is 4.74 Å². The second kappa shape index (κ2) is 7.55. The zero-order valence-corrected chi connectivity index (χ0v) is 15.2. The molecule has 1 unspecified atom stereocenters. The lowest BCUT2D eigenvalue weighted by Crippen LogP contribution is -2.29. The lowest BCUT2D eigenvalue weighted by molar-refractivity contribution is 0.0785. The summed E-state index contributed by atoms with van der Waals surface area (Å²) in [4.78, 5) is 39.7. The highest BCUT2D eigenvalue weighted by Gasteiger charge is 2.31. The molecule has 1 saturated heterocycles. The molecule has 1 atom stereocenters. The van der Waals surface area contributed by atoms with E-state index in [0.29, 0.717) is 42.8 Å². The predicted molar refractivity (Wildman–Crippen MR) is 97.9 cm³/mol. The first-order chi connectivity index (χ1) is 12.5. The van der Waals surface area contributed by atoms with Gasteiger partial charge in [0.15, 0.2) is 0 Å². The van der Waals surface area contributed by atoms with Crippen LogP contribution < -0.4 is 15.2 Å². The van der Waals surface area contributed by atoms with Crippen LogP contribution in [0.3, 0.4) is 0 Å². The van der Waals surface area contributed by atoms with E-state index in [2.05, 4.69) is 15.0 Å². The van der Waals surface area contributed by atoms with Gasteiger partial charge in [0, 0.05) is 45.4 Å². The quantitative estimate of drug-likeness (QED) is 0.866. The minimum Gasteiger partial charge on any atom is -0.477 e. The van der Waals surface area contributed by atoms with E-state index in [0.717, 1.165) is 6.42 Å². The monoisotopic (exact) mass is 357 g/mol. The lowest BCUT2D eigenvalue weighted by atomic mass is 10.1. The molecule has 8 heteroatoms. The molecule has 0 saturated carbocycles. The third-order valence-electron chi connectivity index (χ3n) is 4.35. The summed E-state index contributed by atoms with van der Waals surface area (Å²) in [5.74, 6) is 0.796. The molecule has 2 aromatic heterocycles. The van der Waals surface area contributed by atoms with Crippen molar-refractivity contribution in [3.05, 3.63) is 46.0 Å². The van der Waals surface area contributed by atoms with Crippen LogP contribution in [0.1, 0.15) is 35.3 Å². The zero-order chi connectivity index (χ0) is 18.7. The number of nitrogens with zero attached hydrogens (tertiary/aromatic N) is 4. The Labute approximate surface area is 151 Å². The number of pyridine rings is 1. The van der Waals surface area contributed by atoms with Gasteiger partial charge in [0.25, 0.3) is 11.5 Å². The fraction of sp³-hybridized carbons (Fsp3) is 0.444. The topological polar surface area (TPSA) is 91.4 Å². The minimum atomic E-state index is -0.186. The van der Waals surface area contributed by atoms with Crippen molar-refractivity contribution in [2.24, 2.45) is 0 Å². The number of aromatic amines is 1. The van der Waals surface area contributed by atoms with Crippen LogP contribution in [0, 0.1) is 0 Å². The molecule has 0 radical (unpaired) electrons. The molecule has 26 heavy (non-hydrogen) atoms. The highest BCUT2D eigenvalue weighted by molar-refractivity contribution is 5.96. The third-order valence-corrected chi connectivity index (χ3v) is 4.35. The minimum absolute atomic E-state index is 0.0344. The molecule has 1 fully saturated rings. The van der Waals surface area contributed by atoms with Gasteiger partial charge in [0.2, 0.25) is 11.8 Å². The highest BCUT2D eigenvalue weighted by atomic mass is 16.5. The molecular formula is C18H23N5O3. The number of hydrogen-bond donors (Lipinski definition) is 1. The molecule has 8 nitrogen and oxygen atoms in total. The van der Waals surface area contributed by atoms with Gasteiger partial charge in [-0.1, -0.05) is 0 Å². The van der Waals surface area contributed by atoms with Crippen LogP contribution in [0.2, 0.25) is 0 Å². The number of hydrogen-bond acceptors (Lipinski definition) is 6. The fourth-order valence-corrected chi connectivity index (χ4v) is 3.05. The first-order valence-corrected chi connectivity index (χ1v) is 8.65. The Hall–Kier alpha value is -2.90. The summed E-state index contributed by atoms with van der Waals surface area (Å²) >= 11 is 0. The maximum Gasteiger partial charge on any atom is 0.259 e. The summed E-state index contributed by atoms with van der Waals surface area (Å²) < 4.78 is 5.47. The molecule has 3 heterocycles. The van der Waals surface area contributed by atoms with Crippen molar-refractivity contribution in [3.63, 3.8) is 0 Å². The van der Waals surface area contributed by atoms with E-state index in [-0.39, 0.29) is 17.4 Å². The predicted octanol–water partition coefficient (Wildman–Crippen LogP) is 1.26. The van der Waals surface area contributed by atoms with Crippen molar-refractivity contribution in [1.29, 1.82) is 0 Å². The van der Waals surface area contributed by atoms with E-state index < -0.39 is 0 Å². The summed E-state index contributed by atoms with van der Waals surface area (Å²) in [5.41, 5.74) is 0.987. The fourth-order valence-electron chi connectivity index (χ4n) is 3.05. The smallest absolute Gasteiger partial charge is 0.259 e. The van der Waals surface area contributed by atoms with Crippen LogP contribution in [0.15, 0.2) is 29.2 Å². The van der Waals surface area contributed by atoms with Gasteiger partial charge in [-0.25, -0.2) is 9.97 Å². The van der Waals surface area contributed by atoms with E-state index in [1.807, 2.05) is 21.0 Å². The summed E-state index contributed by atoms with van der Waals surface area (Å²) in [7, 11) is 3.65.